The predicted molar refractivity (Wildman–Crippen MR) is 249 cm³/mol. The van der Waals surface area contributed by atoms with Gasteiger partial charge >= 0.3 is 0 Å². The maximum absolute atomic E-state index is 7.05. The van der Waals surface area contributed by atoms with Crippen molar-refractivity contribution in [1.82, 2.24) is 0 Å². The highest BCUT2D eigenvalue weighted by Crippen LogP contribution is 2.62. The van der Waals surface area contributed by atoms with Crippen LogP contribution >= 0.6 is 22.7 Å². The number of hydrogen-bond donors (Lipinski definition) is 0. The number of rotatable bonds is 4. The zero-order valence-electron chi connectivity index (χ0n) is 31.5. The van der Waals surface area contributed by atoms with Gasteiger partial charge in [0.2, 0.25) is 0 Å². The van der Waals surface area contributed by atoms with Crippen molar-refractivity contribution in [2.75, 3.05) is 4.90 Å². The SMILES string of the molecule is c1ccc(-c2ccccc2-c2cc3c4c(c2)Oc2cc(-c5cccc6sc7ccccc7c56)ccc2N4c2ccc(-c4cccc5sc6ccccc6c45)cc2O3)cc1. The predicted octanol–water partition coefficient (Wildman–Crippen LogP) is 16.8. The van der Waals surface area contributed by atoms with Gasteiger partial charge in [0.05, 0.1) is 11.4 Å². The Kier molecular flexibility index (Phi) is 7.05. The van der Waals surface area contributed by atoms with Crippen LogP contribution in [0.1, 0.15) is 0 Å². The van der Waals surface area contributed by atoms with Gasteiger partial charge in [-0.05, 0) is 105 Å². The van der Waals surface area contributed by atoms with Gasteiger partial charge in [0.15, 0.2) is 23.0 Å². The lowest BCUT2D eigenvalue weighted by Gasteiger charge is -2.38. The van der Waals surface area contributed by atoms with Crippen LogP contribution in [0.4, 0.5) is 17.1 Å². The molecule has 59 heavy (non-hydrogen) atoms. The second-order valence-electron chi connectivity index (χ2n) is 15.2. The molecule has 276 valence electrons. The number of benzene rings is 9. The average Bonchev–Trinajstić information content (AvgIpc) is 3.87. The normalized spacial score (nSPS) is 12.6. The van der Waals surface area contributed by atoms with Crippen molar-refractivity contribution < 1.29 is 9.47 Å². The fourth-order valence-electron chi connectivity index (χ4n) is 9.25. The first kappa shape index (κ1) is 32.9. The lowest BCUT2D eigenvalue weighted by atomic mass is 9.93. The van der Waals surface area contributed by atoms with Crippen molar-refractivity contribution >= 4 is 80.1 Å². The molecular weight excluding hydrogens is 759 g/mol. The van der Waals surface area contributed by atoms with E-state index in [0.717, 1.165) is 73.4 Å². The second-order valence-corrected chi connectivity index (χ2v) is 17.4. The van der Waals surface area contributed by atoms with E-state index in [1.165, 1.54) is 51.5 Å². The minimum atomic E-state index is 0.758. The van der Waals surface area contributed by atoms with Crippen LogP contribution in [-0.4, -0.2) is 0 Å². The van der Waals surface area contributed by atoms with Gasteiger partial charge in [-0.2, -0.15) is 0 Å². The monoisotopic (exact) mass is 789 g/mol. The third-order valence-corrected chi connectivity index (χ3v) is 14.1. The van der Waals surface area contributed by atoms with E-state index in [9.17, 15) is 0 Å². The van der Waals surface area contributed by atoms with Crippen LogP contribution < -0.4 is 14.4 Å². The molecule has 0 atom stereocenters. The van der Waals surface area contributed by atoms with E-state index in [1.807, 2.05) is 22.7 Å². The van der Waals surface area contributed by atoms with E-state index in [1.54, 1.807) is 0 Å². The van der Waals surface area contributed by atoms with E-state index in [4.69, 9.17) is 9.47 Å². The van der Waals surface area contributed by atoms with Gasteiger partial charge in [0.25, 0.3) is 0 Å². The van der Waals surface area contributed by atoms with Crippen LogP contribution in [-0.2, 0) is 0 Å². The van der Waals surface area contributed by atoms with Crippen molar-refractivity contribution in [3.05, 3.63) is 188 Å². The van der Waals surface area contributed by atoms with E-state index in [0.29, 0.717) is 0 Å². The Bertz CT molecular complexity index is 3340. The van der Waals surface area contributed by atoms with Crippen LogP contribution in [0.5, 0.6) is 23.0 Å². The topological polar surface area (TPSA) is 21.7 Å². The molecule has 9 aromatic carbocycles. The molecule has 5 heteroatoms. The largest absolute Gasteiger partial charge is 0.453 e. The number of hydrogen-bond acceptors (Lipinski definition) is 5. The van der Waals surface area contributed by atoms with Crippen LogP contribution in [0.2, 0.25) is 0 Å². The summed E-state index contributed by atoms with van der Waals surface area (Å²) in [6.45, 7) is 0. The van der Waals surface area contributed by atoms with Gasteiger partial charge in [0.1, 0.15) is 5.69 Å². The Balaban J connectivity index is 1.02. The van der Waals surface area contributed by atoms with E-state index < -0.39 is 0 Å². The van der Waals surface area contributed by atoms with E-state index in [-0.39, 0.29) is 0 Å². The Labute approximate surface area is 348 Å². The molecule has 3 nitrogen and oxygen atoms in total. The summed E-state index contributed by atoms with van der Waals surface area (Å²) in [6.07, 6.45) is 0. The standard InChI is InChI=1S/C54H31NO2S2/c1-2-12-32(13-3-1)36-14-4-5-15-37(36)35-30-46-54-47(31-35)57-45-29-34(39-19-11-23-51-53(39)41-17-7-9-21-49(41)59-51)25-27-43(45)55(54)42-26-24-33(28-44(42)56-46)38-18-10-22-50-52(38)40-16-6-8-20-48(40)58-50/h1-31H. The zero-order valence-corrected chi connectivity index (χ0v) is 33.1. The Hall–Kier alpha value is -7.18. The van der Waals surface area contributed by atoms with Crippen molar-refractivity contribution in [2.45, 2.75) is 0 Å². The molecule has 11 aromatic rings. The number of fused-ring (bicyclic) bond motifs is 10. The highest BCUT2D eigenvalue weighted by Gasteiger charge is 2.36. The number of ether oxygens (including phenoxy) is 2. The molecule has 0 unspecified atom stereocenters. The summed E-state index contributed by atoms with van der Waals surface area (Å²) >= 11 is 3.68. The van der Waals surface area contributed by atoms with E-state index >= 15 is 0 Å². The van der Waals surface area contributed by atoms with Crippen LogP contribution in [0.3, 0.4) is 0 Å². The highest BCUT2D eigenvalue weighted by atomic mass is 32.1. The van der Waals surface area contributed by atoms with Crippen molar-refractivity contribution in [3.8, 4) is 67.5 Å². The molecule has 4 heterocycles. The van der Waals surface area contributed by atoms with Crippen LogP contribution in [0, 0.1) is 0 Å². The van der Waals surface area contributed by atoms with Gasteiger partial charge in [-0.1, -0.05) is 127 Å². The minimum absolute atomic E-state index is 0.758. The van der Waals surface area contributed by atoms with Crippen molar-refractivity contribution in [2.24, 2.45) is 0 Å². The van der Waals surface area contributed by atoms with Gasteiger partial charge in [0, 0.05) is 40.3 Å². The molecule has 13 rings (SSSR count). The minimum Gasteiger partial charge on any atom is -0.453 e. The molecule has 0 radical (unpaired) electrons. The summed E-state index contributed by atoms with van der Waals surface area (Å²) in [5.74, 6) is 3.12. The molecule has 0 amide bonds. The highest BCUT2D eigenvalue weighted by molar-refractivity contribution is 7.26. The summed E-state index contributed by atoms with van der Waals surface area (Å²) in [5.41, 5.74) is 12.0. The van der Waals surface area contributed by atoms with E-state index in [2.05, 4.69) is 193 Å². The average molecular weight is 790 g/mol. The summed E-state index contributed by atoms with van der Waals surface area (Å²) in [4.78, 5) is 2.34. The Morgan fingerprint density at radius 1 is 0.322 bits per heavy atom. The quantitative estimate of drug-likeness (QED) is 0.177. The molecule has 0 saturated carbocycles. The number of nitrogens with zero attached hydrogens (tertiary/aromatic N) is 1. The van der Waals surface area contributed by atoms with Crippen molar-refractivity contribution in [3.63, 3.8) is 0 Å². The number of thiophene rings is 2. The molecule has 0 aliphatic carbocycles. The first-order valence-electron chi connectivity index (χ1n) is 19.8. The van der Waals surface area contributed by atoms with Crippen LogP contribution in [0.15, 0.2) is 188 Å². The fraction of sp³-hybridized carbons (Fsp3) is 0. The summed E-state index contributed by atoms with van der Waals surface area (Å²) < 4.78 is 19.2. The molecule has 0 bridgehead atoms. The summed E-state index contributed by atoms with van der Waals surface area (Å²) in [6, 6.07) is 67.5. The van der Waals surface area contributed by atoms with Gasteiger partial charge in [-0.3, -0.25) is 4.90 Å². The smallest absolute Gasteiger partial charge is 0.156 e. The molecule has 2 aliphatic rings. The molecule has 2 aliphatic heterocycles. The Morgan fingerprint density at radius 3 is 1.32 bits per heavy atom. The molecule has 0 fully saturated rings. The molecular formula is C54H31NO2S2. The molecule has 0 N–H and O–H groups in total. The zero-order chi connectivity index (χ0) is 38.6. The maximum atomic E-state index is 7.05. The lowest BCUT2D eigenvalue weighted by Crippen LogP contribution is -2.20. The van der Waals surface area contributed by atoms with Gasteiger partial charge < -0.3 is 9.47 Å². The van der Waals surface area contributed by atoms with Crippen LogP contribution in [0.25, 0.3) is 84.9 Å². The molecule has 0 spiro atoms. The second kappa shape index (κ2) is 12.7. The lowest BCUT2D eigenvalue weighted by molar-refractivity contribution is 0.446. The third kappa shape index (κ3) is 4.99. The number of anilines is 3. The first-order chi connectivity index (χ1) is 29.2. The van der Waals surface area contributed by atoms with Gasteiger partial charge in [-0.25, -0.2) is 0 Å². The Morgan fingerprint density at radius 2 is 0.763 bits per heavy atom. The first-order valence-corrected chi connectivity index (χ1v) is 21.4. The molecule has 2 aromatic heterocycles. The van der Waals surface area contributed by atoms with Gasteiger partial charge in [-0.15, -0.1) is 22.7 Å². The molecule has 0 saturated heterocycles. The summed E-state index contributed by atoms with van der Waals surface area (Å²) in [7, 11) is 0. The third-order valence-electron chi connectivity index (χ3n) is 11.9. The van der Waals surface area contributed by atoms with Crippen molar-refractivity contribution in [1.29, 1.82) is 0 Å². The maximum Gasteiger partial charge on any atom is 0.156 e. The fourth-order valence-corrected chi connectivity index (χ4v) is 11.5. The summed E-state index contributed by atoms with van der Waals surface area (Å²) in [5, 5.41) is 5.12.